The number of anilines is 1. The molecular formula is C23H35N3O2. The van der Waals surface area contributed by atoms with Crippen LogP contribution in [0.3, 0.4) is 0 Å². The molecule has 3 rings (SSSR count). The van der Waals surface area contributed by atoms with Crippen molar-refractivity contribution < 1.29 is 9.59 Å². The summed E-state index contributed by atoms with van der Waals surface area (Å²) in [5.41, 5.74) is 2.13. The second kappa shape index (κ2) is 9.94. The third-order valence-corrected chi connectivity index (χ3v) is 6.42. The Labute approximate surface area is 169 Å². The summed E-state index contributed by atoms with van der Waals surface area (Å²) in [6.45, 7) is 7.11. The Morgan fingerprint density at radius 2 is 1.64 bits per heavy atom. The zero-order valence-corrected chi connectivity index (χ0v) is 17.5. The summed E-state index contributed by atoms with van der Waals surface area (Å²) in [6, 6.07) is 8.08. The largest absolute Gasteiger partial charge is 0.341 e. The smallest absolute Gasteiger partial charge is 0.321 e. The van der Waals surface area contributed by atoms with Crippen molar-refractivity contribution in [3.8, 4) is 0 Å². The SMILES string of the molecule is CCC(C)c1ccc(NC(=O)N2CCCN(C(=O)CC3CCCC3)CC2)cc1. The molecule has 1 saturated heterocycles. The molecule has 1 heterocycles. The maximum atomic E-state index is 12.7. The molecule has 1 unspecified atom stereocenters. The summed E-state index contributed by atoms with van der Waals surface area (Å²) in [5, 5.41) is 3.01. The molecule has 2 aliphatic rings. The molecule has 0 bridgehead atoms. The molecule has 1 aromatic carbocycles. The molecule has 1 aromatic rings. The third kappa shape index (κ3) is 5.49. The number of carbonyl (C=O) groups excluding carboxylic acids is 2. The molecule has 5 heteroatoms. The Balaban J connectivity index is 1.49. The summed E-state index contributed by atoms with van der Waals surface area (Å²) in [6.07, 6.45) is 7.57. The first-order chi connectivity index (χ1) is 13.6. The van der Waals surface area contributed by atoms with E-state index in [0.29, 0.717) is 37.9 Å². The molecule has 5 nitrogen and oxygen atoms in total. The zero-order valence-electron chi connectivity index (χ0n) is 17.5. The van der Waals surface area contributed by atoms with Crippen LogP contribution in [-0.4, -0.2) is 47.9 Å². The van der Waals surface area contributed by atoms with Crippen molar-refractivity contribution in [1.29, 1.82) is 0 Å². The van der Waals surface area contributed by atoms with Gasteiger partial charge in [0.05, 0.1) is 0 Å². The normalized spacial score (nSPS) is 19.4. The van der Waals surface area contributed by atoms with Gasteiger partial charge in [0, 0.05) is 38.3 Å². The fourth-order valence-electron chi connectivity index (χ4n) is 4.29. The van der Waals surface area contributed by atoms with Crippen molar-refractivity contribution >= 4 is 17.6 Å². The summed E-state index contributed by atoms with van der Waals surface area (Å²) in [5.74, 6) is 1.38. The highest BCUT2D eigenvalue weighted by Gasteiger charge is 2.25. The van der Waals surface area contributed by atoms with E-state index in [2.05, 4.69) is 31.3 Å². The van der Waals surface area contributed by atoms with Crippen LogP contribution < -0.4 is 5.32 Å². The van der Waals surface area contributed by atoms with E-state index in [1.165, 1.54) is 31.2 Å². The molecule has 1 N–H and O–H groups in total. The van der Waals surface area contributed by atoms with Crippen LogP contribution in [0.1, 0.15) is 70.3 Å². The molecule has 0 radical (unpaired) electrons. The van der Waals surface area contributed by atoms with E-state index in [1.807, 2.05) is 21.9 Å². The highest BCUT2D eigenvalue weighted by atomic mass is 16.2. The number of hydrogen-bond acceptors (Lipinski definition) is 2. The van der Waals surface area contributed by atoms with Gasteiger partial charge in [-0.05, 0) is 55.2 Å². The lowest BCUT2D eigenvalue weighted by atomic mass is 9.99. The van der Waals surface area contributed by atoms with Gasteiger partial charge < -0.3 is 15.1 Å². The molecule has 1 aliphatic carbocycles. The van der Waals surface area contributed by atoms with E-state index >= 15 is 0 Å². The van der Waals surface area contributed by atoms with Gasteiger partial charge in [0.1, 0.15) is 0 Å². The highest BCUT2D eigenvalue weighted by molar-refractivity contribution is 5.89. The second-order valence-electron chi connectivity index (χ2n) is 8.44. The zero-order chi connectivity index (χ0) is 19.9. The van der Waals surface area contributed by atoms with Crippen LogP contribution in [-0.2, 0) is 4.79 Å². The minimum Gasteiger partial charge on any atom is -0.341 e. The van der Waals surface area contributed by atoms with Gasteiger partial charge in [-0.15, -0.1) is 0 Å². The summed E-state index contributed by atoms with van der Waals surface area (Å²) in [7, 11) is 0. The Kier molecular flexibility index (Phi) is 7.35. The maximum absolute atomic E-state index is 12.7. The van der Waals surface area contributed by atoms with Gasteiger partial charge in [-0.3, -0.25) is 4.79 Å². The van der Waals surface area contributed by atoms with Crippen LogP contribution in [0, 0.1) is 5.92 Å². The number of nitrogens with one attached hydrogen (secondary N) is 1. The summed E-state index contributed by atoms with van der Waals surface area (Å²) in [4.78, 5) is 29.1. The van der Waals surface area contributed by atoms with Gasteiger partial charge in [-0.25, -0.2) is 4.79 Å². The lowest BCUT2D eigenvalue weighted by Gasteiger charge is -2.23. The van der Waals surface area contributed by atoms with Crippen molar-refractivity contribution in [2.45, 2.75) is 64.7 Å². The first-order valence-electron chi connectivity index (χ1n) is 11.0. The van der Waals surface area contributed by atoms with Gasteiger partial charge in [0.15, 0.2) is 0 Å². The van der Waals surface area contributed by atoms with Crippen molar-refractivity contribution in [3.05, 3.63) is 29.8 Å². The van der Waals surface area contributed by atoms with E-state index in [1.54, 1.807) is 0 Å². The van der Waals surface area contributed by atoms with E-state index < -0.39 is 0 Å². The molecule has 28 heavy (non-hydrogen) atoms. The van der Waals surface area contributed by atoms with Crippen LogP contribution in [0.4, 0.5) is 10.5 Å². The first-order valence-corrected chi connectivity index (χ1v) is 11.0. The summed E-state index contributed by atoms with van der Waals surface area (Å²) >= 11 is 0. The predicted octanol–water partition coefficient (Wildman–Crippen LogP) is 4.85. The Hall–Kier alpha value is -2.04. The lowest BCUT2D eigenvalue weighted by Crippen LogP contribution is -2.39. The van der Waals surface area contributed by atoms with Gasteiger partial charge >= 0.3 is 6.03 Å². The van der Waals surface area contributed by atoms with Crippen molar-refractivity contribution in [2.75, 3.05) is 31.5 Å². The fraction of sp³-hybridized carbons (Fsp3) is 0.652. The van der Waals surface area contributed by atoms with E-state index in [9.17, 15) is 9.59 Å². The maximum Gasteiger partial charge on any atom is 0.321 e. The molecule has 1 aliphatic heterocycles. The van der Waals surface area contributed by atoms with Crippen LogP contribution in [0.25, 0.3) is 0 Å². The van der Waals surface area contributed by atoms with Crippen LogP contribution in [0.5, 0.6) is 0 Å². The Morgan fingerprint density at radius 1 is 1.00 bits per heavy atom. The van der Waals surface area contributed by atoms with E-state index in [0.717, 1.165) is 25.1 Å². The summed E-state index contributed by atoms with van der Waals surface area (Å²) < 4.78 is 0. The number of rotatable bonds is 5. The number of amides is 3. The molecule has 154 valence electrons. The van der Waals surface area contributed by atoms with Crippen LogP contribution in [0.2, 0.25) is 0 Å². The monoisotopic (exact) mass is 385 g/mol. The molecule has 1 saturated carbocycles. The number of urea groups is 1. The molecule has 1 atom stereocenters. The van der Waals surface area contributed by atoms with Crippen molar-refractivity contribution in [2.24, 2.45) is 5.92 Å². The van der Waals surface area contributed by atoms with E-state index in [4.69, 9.17) is 0 Å². The van der Waals surface area contributed by atoms with E-state index in [-0.39, 0.29) is 11.9 Å². The predicted molar refractivity (Wildman–Crippen MR) is 114 cm³/mol. The lowest BCUT2D eigenvalue weighted by molar-refractivity contribution is -0.132. The highest BCUT2D eigenvalue weighted by Crippen LogP contribution is 2.28. The minimum absolute atomic E-state index is 0.0682. The number of carbonyl (C=O) groups is 2. The average Bonchev–Trinajstić information content (AvgIpc) is 3.08. The van der Waals surface area contributed by atoms with Crippen LogP contribution >= 0.6 is 0 Å². The average molecular weight is 386 g/mol. The van der Waals surface area contributed by atoms with Gasteiger partial charge in [-0.2, -0.15) is 0 Å². The van der Waals surface area contributed by atoms with Crippen LogP contribution in [0.15, 0.2) is 24.3 Å². The quantitative estimate of drug-likeness (QED) is 0.788. The van der Waals surface area contributed by atoms with Crippen molar-refractivity contribution in [1.82, 2.24) is 9.80 Å². The number of benzene rings is 1. The minimum atomic E-state index is -0.0682. The van der Waals surface area contributed by atoms with Gasteiger partial charge in [0.25, 0.3) is 0 Å². The molecule has 3 amide bonds. The molecule has 0 aromatic heterocycles. The number of nitrogens with zero attached hydrogens (tertiary/aromatic N) is 2. The standard InChI is InChI=1S/C23H35N3O2/c1-3-18(2)20-9-11-21(12-10-20)24-23(28)26-14-6-13-25(15-16-26)22(27)17-19-7-4-5-8-19/h9-12,18-19H,3-8,13-17H2,1-2H3,(H,24,28). The Bertz CT molecular complexity index is 652. The van der Waals surface area contributed by atoms with Gasteiger partial charge in [0.2, 0.25) is 5.91 Å². The molecule has 0 spiro atoms. The Morgan fingerprint density at radius 3 is 2.32 bits per heavy atom. The molecular weight excluding hydrogens is 350 g/mol. The first kappa shape index (κ1) is 20.7. The fourth-order valence-corrected chi connectivity index (χ4v) is 4.29. The number of hydrogen-bond donors (Lipinski definition) is 1. The topological polar surface area (TPSA) is 52.7 Å². The van der Waals surface area contributed by atoms with Crippen molar-refractivity contribution in [3.63, 3.8) is 0 Å². The van der Waals surface area contributed by atoms with Gasteiger partial charge in [-0.1, -0.05) is 38.8 Å². The third-order valence-electron chi connectivity index (χ3n) is 6.42. The molecule has 2 fully saturated rings. The second-order valence-corrected chi connectivity index (χ2v) is 8.44.